The zero-order valence-corrected chi connectivity index (χ0v) is 23.0. The van der Waals surface area contributed by atoms with Gasteiger partial charge in [-0.25, -0.2) is 0 Å². The van der Waals surface area contributed by atoms with Gasteiger partial charge in [0, 0.05) is 16.3 Å². The molecule has 6 aromatic carbocycles. The molecule has 0 spiro atoms. The van der Waals surface area contributed by atoms with Crippen molar-refractivity contribution in [3.8, 4) is 50.2 Å². The lowest BCUT2D eigenvalue weighted by Crippen LogP contribution is -2.08. The molecule has 1 aliphatic carbocycles. The smallest absolute Gasteiger partial charge is 0.0579 e. The maximum atomic E-state index is 2.53. The Kier molecular flexibility index (Phi) is 4.93. The molecule has 0 amide bonds. The summed E-state index contributed by atoms with van der Waals surface area (Å²) in [6.07, 6.45) is 0. The number of hydrogen-bond donors (Lipinski definition) is 0. The Bertz CT molecular complexity index is 2090. The fraction of sp³-hybridized carbons (Fsp3) is 0.0769. The van der Waals surface area contributed by atoms with Crippen LogP contribution < -0.4 is 0 Å². The first-order chi connectivity index (χ1) is 19.6. The average Bonchev–Trinajstić information content (AvgIpc) is 3.33. The van der Waals surface area contributed by atoms with E-state index < -0.39 is 0 Å². The van der Waals surface area contributed by atoms with Gasteiger partial charge in [0.05, 0.1) is 16.7 Å². The van der Waals surface area contributed by atoms with Gasteiger partial charge in [0.25, 0.3) is 0 Å². The van der Waals surface area contributed by atoms with Crippen molar-refractivity contribution in [3.05, 3.63) is 138 Å². The Hall–Kier alpha value is -4.88. The van der Waals surface area contributed by atoms with Crippen molar-refractivity contribution in [2.45, 2.75) is 20.8 Å². The third kappa shape index (κ3) is 3.03. The quantitative estimate of drug-likeness (QED) is 0.206. The fourth-order valence-electron chi connectivity index (χ4n) is 7.01. The lowest BCUT2D eigenvalue weighted by molar-refractivity contribution is 1.12. The molecule has 190 valence electrons. The zero-order valence-electron chi connectivity index (χ0n) is 23.0. The van der Waals surface area contributed by atoms with E-state index in [1.54, 1.807) is 0 Å². The second kappa shape index (κ2) is 8.56. The molecule has 1 heterocycles. The standard InChI is InChI=1S/C39H29N/c1-24-25(2)37-33-20-8-6-16-29(33)27-14-4-5-15-28(27)30-17-7-9-21-34(30)38(37)39(26(24)3)40-35-22-12-10-18-31(35)32-19-11-13-23-36(32)40/h4-23H,1-3H3. The first-order valence-corrected chi connectivity index (χ1v) is 14.1. The van der Waals surface area contributed by atoms with Gasteiger partial charge in [0.1, 0.15) is 0 Å². The van der Waals surface area contributed by atoms with Crippen LogP contribution in [0.15, 0.2) is 121 Å². The normalized spacial score (nSPS) is 11.9. The van der Waals surface area contributed by atoms with Crippen molar-refractivity contribution in [1.29, 1.82) is 0 Å². The summed E-state index contributed by atoms with van der Waals surface area (Å²) >= 11 is 0. The minimum Gasteiger partial charge on any atom is -0.308 e. The predicted molar refractivity (Wildman–Crippen MR) is 170 cm³/mol. The molecule has 0 N–H and O–H groups in total. The number of nitrogens with zero attached hydrogens (tertiary/aromatic N) is 1. The molecule has 0 fully saturated rings. The van der Waals surface area contributed by atoms with E-state index in [4.69, 9.17) is 0 Å². The molecule has 7 aromatic rings. The van der Waals surface area contributed by atoms with Crippen LogP contribution in [0, 0.1) is 20.8 Å². The summed E-state index contributed by atoms with van der Waals surface area (Å²) in [5.41, 5.74) is 18.1. The summed E-state index contributed by atoms with van der Waals surface area (Å²) in [5.74, 6) is 0. The topological polar surface area (TPSA) is 4.93 Å². The average molecular weight is 512 g/mol. The molecule has 0 atom stereocenters. The minimum absolute atomic E-state index is 1.24. The first kappa shape index (κ1) is 23.0. The monoisotopic (exact) mass is 511 g/mol. The van der Waals surface area contributed by atoms with Crippen LogP contribution in [-0.4, -0.2) is 4.57 Å². The highest BCUT2D eigenvalue weighted by atomic mass is 15.0. The molecular formula is C39H29N. The Morgan fingerprint density at radius 1 is 0.350 bits per heavy atom. The maximum absolute atomic E-state index is 2.53. The van der Waals surface area contributed by atoms with Crippen LogP contribution in [0.1, 0.15) is 16.7 Å². The Morgan fingerprint density at radius 3 is 1.23 bits per heavy atom. The lowest BCUT2D eigenvalue weighted by Gasteiger charge is -2.29. The van der Waals surface area contributed by atoms with Gasteiger partial charge < -0.3 is 4.57 Å². The van der Waals surface area contributed by atoms with Crippen molar-refractivity contribution in [1.82, 2.24) is 4.57 Å². The van der Waals surface area contributed by atoms with Crippen LogP contribution in [0.5, 0.6) is 0 Å². The lowest BCUT2D eigenvalue weighted by atomic mass is 9.77. The van der Waals surface area contributed by atoms with Crippen LogP contribution >= 0.6 is 0 Å². The van der Waals surface area contributed by atoms with Gasteiger partial charge in [-0.3, -0.25) is 0 Å². The second-order valence-corrected chi connectivity index (χ2v) is 11.0. The highest BCUT2D eigenvalue weighted by molar-refractivity contribution is 6.12. The van der Waals surface area contributed by atoms with Gasteiger partial charge in [-0.2, -0.15) is 0 Å². The van der Waals surface area contributed by atoms with Gasteiger partial charge in [-0.05, 0) is 88.5 Å². The molecule has 1 nitrogen and oxygen atoms in total. The van der Waals surface area contributed by atoms with E-state index in [2.05, 4.69) is 147 Å². The van der Waals surface area contributed by atoms with Gasteiger partial charge >= 0.3 is 0 Å². The van der Waals surface area contributed by atoms with Crippen LogP contribution in [0.3, 0.4) is 0 Å². The molecule has 1 aromatic heterocycles. The number of rotatable bonds is 1. The summed E-state index contributed by atoms with van der Waals surface area (Å²) in [4.78, 5) is 0. The predicted octanol–water partition coefficient (Wildman–Crippen LogP) is 10.7. The van der Waals surface area contributed by atoms with Crippen molar-refractivity contribution < 1.29 is 0 Å². The van der Waals surface area contributed by atoms with Crippen molar-refractivity contribution in [2.24, 2.45) is 0 Å². The van der Waals surface area contributed by atoms with E-state index in [0.29, 0.717) is 0 Å². The Labute approximate surface area is 235 Å². The van der Waals surface area contributed by atoms with Gasteiger partial charge in [-0.1, -0.05) is 109 Å². The van der Waals surface area contributed by atoms with Crippen molar-refractivity contribution in [2.75, 3.05) is 0 Å². The number of aromatic nitrogens is 1. The number of hydrogen-bond acceptors (Lipinski definition) is 0. The summed E-state index contributed by atoms with van der Waals surface area (Å²) < 4.78 is 2.53. The third-order valence-corrected chi connectivity index (χ3v) is 9.05. The molecule has 0 aliphatic heterocycles. The molecule has 1 aliphatic rings. The molecule has 8 rings (SSSR count). The van der Waals surface area contributed by atoms with Crippen LogP contribution in [0.2, 0.25) is 0 Å². The zero-order chi connectivity index (χ0) is 27.0. The molecule has 0 radical (unpaired) electrons. The molecule has 0 unspecified atom stereocenters. The number of para-hydroxylation sites is 2. The first-order valence-electron chi connectivity index (χ1n) is 14.1. The third-order valence-electron chi connectivity index (χ3n) is 9.05. The van der Waals surface area contributed by atoms with Crippen molar-refractivity contribution >= 4 is 21.8 Å². The molecule has 40 heavy (non-hydrogen) atoms. The van der Waals surface area contributed by atoms with E-state index in [9.17, 15) is 0 Å². The highest BCUT2D eigenvalue weighted by Crippen LogP contribution is 2.52. The molecule has 0 bridgehead atoms. The summed E-state index contributed by atoms with van der Waals surface area (Å²) in [6, 6.07) is 44.5. The van der Waals surface area contributed by atoms with E-state index in [0.717, 1.165) is 0 Å². The Morgan fingerprint density at radius 2 is 0.725 bits per heavy atom. The highest BCUT2D eigenvalue weighted by Gasteiger charge is 2.29. The summed E-state index contributed by atoms with van der Waals surface area (Å²) in [6.45, 7) is 6.91. The maximum Gasteiger partial charge on any atom is 0.0579 e. The Balaban J connectivity index is 1.66. The molecule has 0 saturated carbocycles. The molecular weight excluding hydrogens is 482 g/mol. The van der Waals surface area contributed by atoms with Gasteiger partial charge in [0.2, 0.25) is 0 Å². The van der Waals surface area contributed by atoms with E-state index >= 15 is 0 Å². The summed E-state index contributed by atoms with van der Waals surface area (Å²) in [7, 11) is 0. The van der Waals surface area contributed by atoms with E-state index in [-0.39, 0.29) is 0 Å². The van der Waals surface area contributed by atoms with E-state index in [1.807, 2.05) is 0 Å². The second-order valence-electron chi connectivity index (χ2n) is 11.0. The fourth-order valence-corrected chi connectivity index (χ4v) is 7.01. The largest absolute Gasteiger partial charge is 0.308 e. The van der Waals surface area contributed by atoms with Gasteiger partial charge in [-0.15, -0.1) is 0 Å². The minimum atomic E-state index is 1.24. The molecule has 1 heteroatoms. The SMILES string of the molecule is Cc1c(C)c2c(c(-n3c4ccccc4c4ccccc43)c1C)-c1ccccc1-c1ccccc1-c1ccccc1-2. The van der Waals surface area contributed by atoms with Crippen LogP contribution in [0.4, 0.5) is 0 Å². The van der Waals surface area contributed by atoms with E-state index in [1.165, 1.54) is 88.7 Å². The van der Waals surface area contributed by atoms with Crippen LogP contribution in [0.25, 0.3) is 72.0 Å². The van der Waals surface area contributed by atoms with Crippen molar-refractivity contribution in [3.63, 3.8) is 0 Å². The molecule has 0 saturated heterocycles. The van der Waals surface area contributed by atoms with Crippen LogP contribution in [-0.2, 0) is 0 Å². The summed E-state index contributed by atoms with van der Waals surface area (Å²) in [5, 5.41) is 2.57. The van der Waals surface area contributed by atoms with Gasteiger partial charge in [0.15, 0.2) is 0 Å². The number of benzene rings is 6. The number of fused-ring (bicyclic) bond motifs is 11.